The lowest BCUT2D eigenvalue weighted by molar-refractivity contribution is 0.385. The number of hydrogen-bond acceptors (Lipinski definition) is 2. The molecule has 0 spiro atoms. The molecule has 1 N–H and O–H groups in total. The Hall–Kier alpha value is -1.09. The number of nitrogens with one attached hydrogen (secondary N) is 1. The molecule has 1 aromatic carbocycles. The Morgan fingerprint density at radius 3 is 2.48 bits per heavy atom. The van der Waals surface area contributed by atoms with Gasteiger partial charge in [-0.25, -0.2) is 4.39 Å². The predicted molar refractivity (Wildman–Crippen MR) is 87.3 cm³/mol. The van der Waals surface area contributed by atoms with E-state index in [0.29, 0.717) is 5.75 Å². The molecule has 0 saturated carbocycles. The van der Waals surface area contributed by atoms with E-state index in [4.69, 9.17) is 4.74 Å². The fourth-order valence-corrected chi connectivity index (χ4v) is 2.41. The highest BCUT2D eigenvalue weighted by Crippen LogP contribution is 2.22. The Balaban J connectivity index is 2.23. The van der Waals surface area contributed by atoms with Crippen molar-refractivity contribution in [2.24, 2.45) is 5.92 Å². The second-order valence-electron chi connectivity index (χ2n) is 6.17. The molecule has 1 rings (SSSR count). The minimum absolute atomic E-state index is 0.218. The molecule has 1 unspecified atom stereocenters. The summed E-state index contributed by atoms with van der Waals surface area (Å²) in [5.74, 6) is 0.824. The van der Waals surface area contributed by atoms with Crippen LogP contribution in [0.3, 0.4) is 0 Å². The monoisotopic (exact) mass is 295 g/mol. The van der Waals surface area contributed by atoms with Crippen LogP contribution < -0.4 is 10.1 Å². The smallest absolute Gasteiger partial charge is 0.165 e. The van der Waals surface area contributed by atoms with Crippen LogP contribution in [0.1, 0.15) is 64.5 Å². The first-order valence-electron chi connectivity index (χ1n) is 8.11. The lowest BCUT2D eigenvalue weighted by atomic mass is 10.0. The first kappa shape index (κ1) is 18.0. The molecule has 3 heteroatoms. The maximum absolute atomic E-state index is 13.4. The molecule has 0 amide bonds. The van der Waals surface area contributed by atoms with E-state index in [1.807, 2.05) is 6.07 Å². The van der Waals surface area contributed by atoms with Crippen LogP contribution in [0.4, 0.5) is 4.39 Å². The molecule has 1 atom stereocenters. The van der Waals surface area contributed by atoms with Gasteiger partial charge in [0.25, 0.3) is 0 Å². The first-order chi connectivity index (χ1) is 10.0. The Morgan fingerprint density at radius 2 is 1.81 bits per heavy atom. The molecule has 0 bridgehead atoms. The van der Waals surface area contributed by atoms with Crippen LogP contribution in [0.15, 0.2) is 18.2 Å². The van der Waals surface area contributed by atoms with Gasteiger partial charge in [0.2, 0.25) is 0 Å². The topological polar surface area (TPSA) is 21.3 Å². The summed E-state index contributed by atoms with van der Waals surface area (Å²) in [5.41, 5.74) is 1.06. The van der Waals surface area contributed by atoms with Gasteiger partial charge in [-0.15, -0.1) is 0 Å². The SMILES string of the molecule is COc1cc(C(C)NCCCCCCC(C)C)ccc1F. The summed E-state index contributed by atoms with van der Waals surface area (Å²) in [6.45, 7) is 7.66. The molecule has 21 heavy (non-hydrogen) atoms. The van der Waals surface area contributed by atoms with Crippen LogP contribution in [0.25, 0.3) is 0 Å². The first-order valence-corrected chi connectivity index (χ1v) is 8.11. The highest BCUT2D eigenvalue weighted by molar-refractivity contribution is 5.31. The Kier molecular flexibility index (Phi) is 8.36. The zero-order valence-corrected chi connectivity index (χ0v) is 13.9. The van der Waals surface area contributed by atoms with E-state index in [2.05, 4.69) is 26.1 Å². The van der Waals surface area contributed by atoms with Gasteiger partial charge < -0.3 is 10.1 Å². The maximum Gasteiger partial charge on any atom is 0.165 e. The van der Waals surface area contributed by atoms with Crippen molar-refractivity contribution in [3.63, 3.8) is 0 Å². The summed E-state index contributed by atoms with van der Waals surface area (Å²) in [7, 11) is 1.50. The third-order valence-corrected chi connectivity index (χ3v) is 3.83. The predicted octanol–water partition coefficient (Wildman–Crippen LogP) is 5.09. The summed E-state index contributed by atoms with van der Waals surface area (Å²) in [6, 6.07) is 5.28. The number of benzene rings is 1. The van der Waals surface area contributed by atoms with Crippen molar-refractivity contribution in [1.82, 2.24) is 5.32 Å². The Bertz CT molecular complexity index is 406. The fourth-order valence-electron chi connectivity index (χ4n) is 2.41. The van der Waals surface area contributed by atoms with Crippen molar-refractivity contribution >= 4 is 0 Å². The summed E-state index contributed by atoms with van der Waals surface area (Å²) >= 11 is 0. The van der Waals surface area contributed by atoms with Crippen LogP contribution in [0.2, 0.25) is 0 Å². The van der Waals surface area contributed by atoms with Gasteiger partial charge in [0.05, 0.1) is 7.11 Å². The molecule has 0 aliphatic heterocycles. The van der Waals surface area contributed by atoms with Crippen LogP contribution in [0, 0.1) is 11.7 Å². The average Bonchev–Trinajstić information content (AvgIpc) is 2.46. The third-order valence-electron chi connectivity index (χ3n) is 3.83. The molecule has 0 aromatic heterocycles. The van der Waals surface area contributed by atoms with E-state index in [1.54, 1.807) is 6.07 Å². The minimum Gasteiger partial charge on any atom is -0.494 e. The van der Waals surface area contributed by atoms with Gasteiger partial charge in [-0.05, 0) is 43.5 Å². The molecular weight excluding hydrogens is 265 g/mol. The number of methoxy groups -OCH3 is 1. The normalized spacial score (nSPS) is 12.7. The van der Waals surface area contributed by atoms with Crippen molar-refractivity contribution in [3.05, 3.63) is 29.6 Å². The lowest BCUT2D eigenvalue weighted by Gasteiger charge is -2.15. The fraction of sp³-hybridized carbons (Fsp3) is 0.667. The van der Waals surface area contributed by atoms with E-state index in [1.165, 1.54) is 45.3 Å². The van der Waals surface area contributed by atoms with Gasteiger partial charge in [0.15, 0.2) is 11.6 Å². The molecule has 120 valence electrons. The standard InChI is InChI=1S/C18H30FNO/c1-14(2)9-7-5-6-8-12-20-15(3)16-10-11-17(19)18(13-16)21-4/h10-11,13-15,20H,5-9,12H2,1-4H3. The number of unbranched alkanes of at least 4 members (excludes halogenated alkanes) is 3. The highest BCUT2D eigenvalue weighted by Gasteiger charge is 2.08. The zero-order chi connectivity index (χ0) is 15.7. The Labute approximate surface area is 129 Å². The van der Waals surface area contributed by atoms with Gasteiger partial charge >= 0.3 is 0 Å². The molecule has 0 saturated heterocycles. The third kappa shape index (κ3) is 6.94. The molecule has 0 heterocycles. The number of halogens is 1. The van der Waals surface area contributed by atoms with Crippen molar-refractivity contribution in [2.75, 3.05) is 13.7 Å². The van der Waals surface area contributed by atoms with Gasteiger partial charge in [0, 0.05) is 6.04 Å². The van der Waals surface area contributed by atoms with Crippen molar-refractivity contribution < 1.29 is 9.13 Å². The van der Waals surface area contributed by atoms with Gasteiger partial charge in [0.1, 0.15) is 0 Å². The van der Waals surface area contributed by atoms with Gasteiger partial charge in [-0.2, -0.15) is 0 Å². The van der Waals surface area contributed by atoms with Crippen LogP contribution in [-0.2, 0) is 0 Å². The van der Waals surface area contributed by atoms with Crippen molar-refractivity contribution in [3.8, 4) is 5.75 Å². The minimum atomic E-state index is -0.307. The zero-order valence-electron chi connectivity index (χ0n) is 13.9. The number of hydrogen-bond donors (Lipinski definition) is 1. The molecule has 1 aromatic rings. The van der Waals surface area contributed by atoms with E-state index in [0.717, 1.165) is 18.0 Å². The van der Waals surface area contributed by atoms with Crippen LogP contribution >= 0.6 is 0 Å². The largest absolute Gasteiger partial charge is 0.494 e. The van der Waals surface area contributed by atoms with E-state index in [9.17, 15) is 4.39 Å². The number of rotatable bonds is 10. The molecule has 0 aliphatic carbocycles. The highest BCUT2D eigenvalue weighted by atomic mass is 19.1. The average molecular weight is 295 g/mol. The second-order valence-corrected chi connectivity index (χ2v) is 6.17. The van der Waals surface area contributed by atoms with Crippen molar-refractivity contribution in [2.45, 2.75) is 58.9 Å². The molecule has 0 aliphatic rings. The van der Waals surface area contributed by atoms with Gasteiger partial charge in [-0.3, -0.25) is 0 Å². The lowest BCUT2D eigenvalue weighted by Crippen LogP contribution is -2.19. The van der Waals surface area contributed by atoms with Crippen molar-refractivity contribution in [1.29, 1.82) is 0 Å². The van der Waals surface area contributed by atoms with E-state index in [-0.39, 0.29) is 11.9 Å². The Morgan fingerprint density at radius 1 is 1.10 bits per heavy atom. The van der Waals surface area contributed by atoms with Crippen LogP contribution in [0.5, 0.6) is 5.75 Å². The number of ether oxygens (including phenoxy) is 1. The molecular formula is C18H30FNO. The summed E-state index contributed by atoms with van der Waals surface area (Å²) in [5, 5.41) is 3.49. The molecule has 0 radical (unpaired) electrons. The summed E-state index contributed by atoms with van der Waals surface area (Å²) < 4.78 is 18.4. The molecule has 2 nitrogen and oxygen atoms in total. The van der Waals surface area contributed by atoms with Crippen LogP contribution in [-0.4, -0.2) is 13.7 Å². The van der Waals surface area contributed by atoms with E-state index < -0.39 is 0 Å². The van der Waals surface area contributed by atoms with E-state index >= 15 is 0 Å². The molecule has 0 fully saturated rings. The second kappa shape index (κ2) is 9.78. The maximum atomic E-state index is 13.4. The van der Waals surface area contributed by atoms with Gasteiger partial charge in [-0.1, -0.05) is 45.6 Å². The summed E-state index contributed by atoms with van der Waals surface area (Å²) in [6.07, 6.45) is 6.46. The summed E-state index contributed by atoms with van der Waals surface area (Å²) in [4.78, 5) is 0. The quantitative estimate of drug-likeness (QED) is 0.607.